The van der Waals surface area contributed by atoms with Crippen molar-refractivity contribution in [3.63, 3.8) is 0 Å². The van der Waals surface area contributed by atoms with Crippen molar-refractivity contribution in [2.24, 2.45) is 0 Å². The van der Waals surface area contributed by atoms with Crippen LogP contribution in [0, 0.1) is 0 Å². The zero-order chi connectivity index (χ0) is 15.2. The molecule has 1 rings (SSSR count). The van der Waals surface area contributed by atoms with Crippen molar-refractivity contribution in [1.29, 1.82) is 0 Å². The van der Waals surface area contributed by atoms with E-state index >= 15 is 0 Å². The highest BCUT2D eigenvalue weighted by molar-refractivity contribution is 9.10. The largest absolute Gasteiger partial charge is 0.304 e. The van der Waals surface area contributed by atoms with Gasteiger partial charge in [0.2, 0.25) is 10.0 Å². The lowest BCUT2D eigenvalue weighted by Crippen LogP contribution is -2.30. The Morgan fingerprint density at radius 3 is 2.50 bits per heavy atom. The lowest BCUT2D eigenvalue weighted by atomic mass is 10.4. The lowest BCUT2D eigenvalue weighted by molar-refractivity contribution is 0.300. The minimum Gasteiger partial charge on any atom is -0.304 e. The lowest BCUT2D eigenvalue weighted by Gasteiger charge is -2.17. The summed E-state index contributed by atoms with van der Waals surface area (Å²) in [5.74, 6) is 0. The van der Waals surface area contributed by atoms with Crippen molar-refractivity contribution >= 4 is 37.6 Å². The molecule has 0 unspecified atom stereocenters. The molecule has 20 heavy (non-hydrogen) atoms. The van der Waals surface area contributed by atoms with Crippen molar-refractivity contribution in [1.82, 2.24) is 9.62 Å². The first-order chi connectivity index (χ1) is 9.40. The summed E-state index contributed by atoms with van der Waals surface area (Å²) in [6.45, 7) is 7.42. The summed E-state index contributed by atoms with van der Waals surface area (Å²) in [6.07, 6.45) is 0.773. The highest BCUT2D eigenvalue weighted by Gasteiger charge is 2.17. The fraction of sp³-hybridized carbons (Fsp3) is 0.538. The SMILES string of the molecule is CCN(CC)CCCNS(=O)(=O)c1ccc(Br)cc1Cl. The zero-order valence-electron chi connectivity index (χ0n) is 11.7. The molecule has 1 N–H and O–H groups in total. The third kappa shape index (κ3) is 5.33. The summed E-state index contributed by atoms with van der Waals surface area (Å²) in [5, 5.41) is 0.218. The fourth-order valence-electron chi connectivity index (χ4n) is 1.82. The molecule has 1 aromatic carbocycles. The molecular formula is C13H20BrClN2O2S. The van der Waals surface area contributed by atoms with E-state index in [1.165, 1.54) is 6.07 Å². The van der Waals surface area contributed by atoms with Gasteiger partial charge in [0, 0.05) is 11.0 Å². The zero-order valence-corrected chi connectivity index (χ0v) is 14.9. The molecule has 0 fully saturated rings. The Hall–Kier alpha value is -0.140. The minimum absolute atomic E-state index is 0.116. The molecule has 0 amide bonds. The highest BCUT2D eigenvalue weighted by Crippen LogP contribution is 2.24. The second-order valence-corrected chi connectivity index (χ2v) is 7.41. The quantitative estimate of drug-likeness (QED) is 0.702. The van der Waals surface area contributed by atoms with E-state index < -0.39 is 10.0 Å². The number of benzene rings is 1. The van der Waals surface area contributed by atoms with Gasteiger partial charge in [0.15, 0.2) is 0 Å². The Kier molecular flexibility index (Phi) is 7.47. The van der Waals surface area contributed by atoms with Gasteiger partial charge in [-0.05, 0) is 44.3 Å². The number of halogens is 2. The molecule has 0 atom stereocenters. The van der Waals surface area contributed by atoms with Crippen molar-refractivity contribution in [2.75, 3.05) is 26.2 Å². The molecule has 0 radical (unpaired) electrons. The first kappa shape index (κ1) is 17.9. The topological polar surface area (TPSA) is 49.4 Å². The molecular weight excluding hydrogens is 364 g/mol. The molecule has 0 bridgehead atoms. The van der Waals surface area contributed by atoms with Gasteiger partial charge in [0.1, 0.15) is 4.90 Å². The van der Waals surface area contributed by atoms with Gasteiger partial charge in [-0.25, -0.2) is 13.1 Å². The number of rotatable bonds is 8. The van der Waals surface area contributed by atoms with E-state index in [9.17, 15) is 8.42 Å². The molecule has 0 aliphatic heterocycles. The molecule has 1 aromatic rings. The maximum atomic E-state index is 12.1. The van der Waals surface area contributed by atoms with E-state index in [-0.39, 0.29) is 9.92 Å². The smallest absolute Gasteiger partial charge is 0.242 e. The molecule has 114 valence electrons. The van der Waals surface area contributed by atoms with Crippen molar-refractivity contribution in [3.05, 3.63) is 27.7 Å². The predicted octanol–water partition coefficient (Wildman–Crippen LogP) is 3.11. The number of hydrogen-bond donors (Lipinski definition) is 1. The first-order valence-electron chi connectivity index (χ1n) is 6.57. The molecule has 0 saturated carbocycles. The molecule has 0 spiro atoms. The molecule has 7 heteroatoms. The summed E-state index contributed by atoms with van der Waals surface area (Å²) in [4.78, 5) is 2.37. The van der Waals surface area contributed by atoms with Gasteiger partial charge in [-0.2, -0.15) is 0 Å². The van der Waals surface area contributed by atoms with Gasteiger partial charge < -0.3 is 4.90 Å². The first-order valence-corrected chi connectivity index (χ1v) is 9.23. The number of nitrogens with one attached hydrogen (secondary N) is 1. The van der Waals surface area contributed by atoms with E-state index in [1.807, 2.05) is 0 Å². The summed E-state index contributed by atoms with van der Waals surface area (Å²) < 4.78 is 27.6. The van der Waals surface area contributed by atoms with Crippen LogP contribution in [0.2, 0.25) is 5.02 Å². The number of hydrogen-bond acceptors (Lipinski definition) is 3. The Labute approximate surface area is 134 Å². The van der Waals surface area contributed by atoms with E-state index in [4.69, 9.17) is 11.6 Å². The van der Waals surface area contributed by atoms with Crippen LogP contribution >= 0.6 is 27.5 Å². The van der Waals surface area contributed by atoms with Gasteiger partial charge in [-0.3, -0.25) is 0 Å². The average Bonchev–Trinajstić information content (AvgIpc) is 2.38. The van der Waals surface area contributed by atoms with Crippen LogP contribution in [0.4, 0.5) is 0 Å². The average molecular weight is 384 g/mol. The normalized spacial score (nSPS) is 12.1. The number of nitrogens with zero attached hydrogens (tertiary/aromatic N) is 1. The van der Waals surface area contributed by atoms with E-state index in [1.54, 1.807) is 12.1 Å². The maximum absolute atomic E-state index is 12.1. The Morgan fingerprint density at radius 2 is 1.95 bits per heavy atom. The van der Waals surface area contributed by atoms with Crippen LogP contribution in [0.5, 0.6) is 0 Å². The van der Waals surface area contributed by atoms with Crippen LogP contribution in [-0.4, -0.2) is 39.5 Å². The highest BCUT2D eigenvalue weighted by atomic mass is 79.9. The number of sulfonamides is 1. The summed E-state index contributed by atoms with van der Waals surface area (Å²) in [5.41, 5.74) is 0. The molecule has 0 aliphatic rings. The summed E-state index contributed by atoms with van der Waals surface area (Å²) in [6, 6.07) is 4.74. The molecule has 0 aromatic heterocycles. The summed E-state index contributed by atoms with van der Waals surface area (Å²) >= 11 is 9.22. The van der Waals surface area contributed by atoms with E-state index in [0.29, 0.717) is 6.54 Å². The van der Waals surface area contributed by atoms with E-state index in [2.05, 4.69) is 39.4 Å². The van der Waals surface area contributed by atoms with Crippen molar-refractivity contribution < 1.29 is 8.42 Å². The second kappa shape index (κ2) is 8.34. The van der Waals surface area contributed by atoms with Crippen molar-refractivity contribution in [2.45, 2.75) is 25.2 Å². The summed E-state index contributed by atoms with van der Waals surface area (Å²) in [7, 11) is -3.54. The Balaban J connectivity index is 2.58. The maximum Gasteiger partial charge on any atom is 0.242 e. The van der Waals surface area contributed by atoms with Crippen LogP contribution in [0.3, 0.4) is 0 Å². The monoisotopic (exact) mass is 382 g/mol. The molecule has 0 heterocycles. The van der Waals surface area contributed by atoms with Crippen LogP contribution in [-0.2, 0) is 10.0 Å². The fourth-order valence-corrected chi connectivity index (χ4v) is 3.93. The van der Waals surface area contributed by atoms with E-state index in [0.717, 1.165) is 30.5 Å². The third-order valence-electron chi connectivity index (χ3n) is 3.02. The van der Waals surface area contributed by atoms with Gasteiger partial charge in [-0.15, -0.1) is 0 Å². The third-order valence-corrected chi connectivity index (χ3v) is 5.46. The minimum atomic E-state index is -3.54. The predicted molar refractivity (Wildman–Crippen MR) is 86.7 cm³/mol. The van der Waals surface area contributed by atoms with Gasteiger partial charge in [0.05, 0.1) is 5.02 Å². The van der Waals surface area contributed by atoms with Crippen LogP contribution < -0.4 is 4.72 Å². The molecule has 4 nitrogen and oxygen atoms in total. The molecule has 0 aliphatic carbocycles. The molecule has 0 saturated heterocycles. The standard InChI is InChI=1S/C13H20BrClN2O2S/c1-3-17(4-2)9-5-8-16-20(18,19)13-7-6-11(14)10-12(13)15/h6-7,10,16H,3-5,8-9H2,1-2H3. The second-order valence-electron chi connectivity index (χ2n) is 4.35. The van der Waals surface area contributed by atoms with Crippen molar-refractivity contribution in [3.8, 4) is 0 Å². The van der Waals surface area contributed by atoms with Crippen LogP contribution in [0.15, 0.2) is 27.6 Å². The Morgan fingerprint density at radius 1 is 1.30 bits per heavy atom. The Bertz CT molecular complexity index is 533. The van der Waals surface area contributed by atoms with Gasteiger partial charge >= 0.3 is 0 Å². The van der Waals surface area contributed by atoms with Gasteiger partial charge in [0.25, 0.3) is 0 Å². The van der Waals surface area contributed by atoms with Crippen LogP contribution in [0.1, 0.15) is 20.3 Å². The van der Waals surface area contributed by atoms with Crippen LogP contribution in [0.25, 0.3) is 0 Å². The van der Waals surface area contributed by atoms with Gasteiger partial charge in [-0.1, -0.05) is 41.4 Å².